The average molecular weight is 428 g/mol. The number of ether oxygens (including phenoxy) is 1. The first kappa shape index (κ1) is 21.4. The van der Waals surface area contributed by atoms with Crippen LogP contribution in [0.5, 0.6) is 5.75 Å². The summed E-state index contributed by atoms with van der Waals surface area (Å²) in [5.41, 5.74) is 8.83. The Balaban J connectivity index is 1.50. The Morgan fingerprint density at radius 3 is 2.77 bits per heavy atom. The van der Waals surface area contributed by atoms with Gasteiger partial charge in [-0.25, -0.2) is 9.98 Å². The van der Waals surface area contributed by atoms with Gasteiger partial charge in [0, 0.05) is 12.3 Å². The van der Waals surface area contributed by atoms with Crippen LogP contribution < -0.4 is 21.1 Å². The summed E-state index contributed by atoms with van der Waals surface area (Å²) in [7, 11) is 0. The Hall–Kier alpha value is -3.33. The fourth-order valence-electron chi connectivity index (χ4n) is 2.76. The second-order valence-corrected chi connectivity index (χ2v) is 7.53. The standard InChI is InChI=1S/C21H25N5O3S/c1-13-5-4-6-14(2)19(13)28-10-9-23-20(22)26-21-25-17(12-30-21)18-8-7-16(29-18)11-24-15(3)27/h4-8,12H,9-11H2,1-3H3,(H,24,27)(H3,22,23,25,26). The van der Waals surface area contributed by atoms with Gasteiger partial charge in [-0.15, -0.1) is 11.3 Å². The molecule has 2 heterocycles. The van der Waals surface area contributed by atoms with Crippen molar-refractivity contribution >= 4 is 28.3 Å². The van der Waals surface area contributed by atoms with Crippen LogP contribution in [0.3, 0.4) is 0 Å². The number of para-hydroxylation sites is 1. The predicted octanol–water partition coefficient (Wildman–Crippen LogP) is 3.46. The summed E-state index contributed by atoms with van der Waals surface area (Å²) in [6.45, 7) is 6.70. The van der Waals surface area contributed by atoms with E-state index in [9.17, 15) is 4.79 Å². The second kappa shape index (κ2) is 9.93. The van der Waals surface area contributed by atoms with Crippen molar-refractivity contribution in [3.63, 3.8) is 0 Å². The van der Waals surface area contributed by atoms with Gasteiger partial charge in [0.25, 0.3) is 0 Å². The highest BCUT2D eigenvalue weighted by Gasteiger charge is 2.10. The summed E-state index contributed by atoms with van der Waals surface area (Å²) in [4.78, 5) is 19.7. The van der Waals surface area contributed by atoms with Crippen molar-refractivity contribution in [3.8, 4) is 17.2 Å². The zero-order valence-corrected chi connectivity index (χ0v) is 18.0. The number of nitrogens with two attached hydrogens (primary N) is 1. The number of benzene rings is 1. The first-order valence-electron chi connectivity index (χ1n) is 9.47. The molecule has 1 aromatic carbocycles. The molecule has 0 unspecified atom stereocenters. The Morgan fingerprint density at radius 1 is 1.27 bits per heavy atom. The van der Waals surface area contributed by atoms with Gasteiger partial charge in [-0.05, 0) is 37.1 Å². The molecule has 30 heavy (non-hydrogen) atoms. The van der Waals surface area contributed by atoms with Gasteiger partial charge in [0.05, 0.1) is 13.1 Å². The SMILES string of the molecule is CC(=O)NCc1ccc(-c2csc(NC(N)=NCCOc3c(C)cccc3C)n2)o1. The van der Waals surface area contributed by atoms with E-state index in [2.05, 4.69) is 20.6 Å². The fraction of sp³-hybridized carbons (Fsp3) is 0.286. The smallest absolute Gasteiger partial charge is 0.217 e. The van der Waals surface area contributed by atoms with Crippen molar-refractivity contribution in [2.24, 2.45) is 10.7 Å². The highest BCUT2D eigenvalue weighted by molar-refractivity contribution is 7.14. The monoisotopic (exact) mass is 427 g/mol. The molecule has 2 aromatic heterocycles. The molecule has 0 saturated carbocycles. The highest BCUT2D eigenvalue weighted by atomic mass is 32.1. The van der Waals surface area contributed by atoms with E-state index in [1.165, 1.54) is 18.3 Å². The first-order chi connectivity index (χ1) is 14.4. The summed E-state index contributed by atoms with van der Waals surface area (Å²) >= 11 is 1.40. The van der Waals surface area contributed by atoms with Crippen molar-refractivity contribution in [2.45, 2.75) is 27.3 Å². The predicted molar refractivity (Wildman–Crippen MR) is 119 cm³/mol. The maximum Gasteiger partial charge on any atom is 0.217 e. The van der Waals surface area contributed by atoms with Crippen LogP contribution in [0.4, 0.5) is 5.13 Å². The third-order valence-corrected chi connectivity index (χ3v) is 4.95. The topological polar surface area (TPSA) is 115 Å². The van der Waals surface area contributed by atoms with Crippen LogP contribution >= 0.6 is 11.3 Å². The number of nitrogens with one attached hydrogen (secondary N) is 2. The number of rotatable bonds is 8. The molecule has 0 radical (unpaired) electrons. The van der Waals surface area contributed by atoms with Crippen LogP contribution in [0.15, 0.2) is 45.1 Å². The Labute approximate surface area is 179 Å². The van der Waals surface area contributed by atoms with Crippen molar-refractivity contribution < 1.29 is 13.9 Å². The number of anilines is 1. The Kier molecular flexibility index (Phi) is 7.08. The third-order valence-electron chi connectivity index (χ3n) is 4.19. The van der Waals surface area contributed by atoms with Gasteiger partial charge in [-0.2, -0.15) is 0 Å². The Morgan fingerprint density at radius 2 is 2.03 bits per heavy atom. The van der Waals surface area contributed by atoms with Gasteiger partial charge in [0.2, 0.25) is 5.91 Å². The lowest BCUT2D eigenvalue weighted by Crippen LogP contribution is -2.23. The number of aliphatic imine (C=N–C) groups is 1. The molecule has 3 aromatic rings. The van der Waals surface area contributed by atoms with E-state index >= 15 is 0 Å². The molecule has 0 bridgehead atoms. The number of amides is 1. The number of hydrogen-bond donors (Lipinski definition) is 3. The van der Waals surface area contributed by atoms with E-state index in [1.54, 1.807) is 0 Å². The Bertz CT molecular complexity index is 1020. The average Bonchev–Trinajstić information content (AvgIpc) is 3.34. The molecule has 0 aliphatic carbocycles. The number of aromatic nitrogens is 1. The van der Waals surface area contributed by atoms with Crippen LogP contribution in [0, 0.1) is 13.8 Å². The van der Waals surface area contributed by atoms with Gasteiger partial charge in [0.15, 0.2) is 16.9 Å². The minimum atomic E-state index is -0.109. The molecule has 0 saturated heterocycles. The third kappa shape index (κ3) is 5.84. The minimum absolute atomic E-state index is 0.109. The van der Waals surface area contributed by atoms with Crippen LogP contribution in [-0.2, 0) is 11.3 Å². The van der Waals surface area contributed by atoms with Gasteiger partial charge in [0.1, 0.15) is 23.8 Å². The molecule has 1 amide bonds. The molecule has 4 N–H and O–H groups in total. The van der Waals surface area contributed by atoms with Crippen LogP contribution in [0.25, 0.3) is 11.5 Å². The number of hydrogen-bond acceptors (Lipinski definition) is 6. The highest BCUT2D eigenvalue weighted by Crippen LogP contribution is 2.26. The molecule has 0 aliphatic heterocycles. The summed E-state index contributed by atoms with van der Waals surface area (Å²) in [5.74, 6) is 2.33. The maximum atomic E-state index is 11.0. The largest absolute Gasteiger partial charge is 0.491 e. The van der Waals surface area contributed by atoms with Crippen LogP contribution in [-0.4, -0.2) is 30.0 Å². The molecule has 0 aliphatic rings. The van der Waals surface area contributed by atoms with E-state index in [1.807, 2.05) is 49.6 Å². The van der Waals surface area contributed by atoms with Gasteiger partial charge in [-0.1, -0.05) is 18.2 Å². The maximum absolute atomic E-state index is 11.0. The van der Waals surface area contributed by atoms with E-state index in [4.69, 9.17) is 14.9 Å². The minimum Gasteiger partial charge on any atom is -0.491 e. The summed E-state index contributed by atoms with van der Waals surface area (Å²) < 4.78 is 11.5. The van der Waals surface area contributed by atoms with Gasteiger partial charge >= 0.3 is 0 Å². The molecule has 158 valence electrons. The summed E-state index contributed by atoms with van der Waals surface area (Å²) in [5, 5.41) is 8.15. The molecule has 0 fully saturated rings. The molecule has 9 heteroatoms. The zero-order valence-electron chi connectivity index (χ0n) is 17.2. The van der Waals surface area contributed by atoms with E-state index in [-0.39, 0.29) is 11.9 Å². The first-order valence-corrected chi connectivity index (χ1v) is 10.4. The zero-order chi connectivity index (χ0) is 21.5. The number of guanidine groups is 1. The number of furan rings is 1. The van der Waals surface area contributed by atoms with Crippen molar-refractivity contribution in [3.05, 3.63) is 52.6 Å². The van der Waals surface area contributed by atoms with E-state index < -0.39 is 0 Å². The molecule has 0 spiro atoms. The normalized spacial score (nSPS) is 11.4. The summed E-state index contributed by atoms with van der Waals surface area (Å²) in [6.07, 6.45) is 0. The van der Waals surface area contributed by atoms with E-state index in [0.717, 1.165) is 16.9 Å². The number of nitrogens with zero attached hydrogens (tertiary/aromatic N) is 2. The lowest BCUT2D eigenvalue weighted by molar-refractivity contribution is -0.119. The number of aryl methyl sites for hydroxylation is 2. The quantitative estimate of drug-likeness (QED) is 0.288. The molecular weight excluding hydrogens is 402 g/mol. The number of carbonyl (C=O) groups is 1. The van der Waals surface area contributed by atoms with Crippen molar-refractivity contribution in [2.75, 3.05) is 18.5 Å². The number of carbonyl (C=O) groups excluding carboxylic acids is 1. The van der Waals surface area contributed by atoms with Gasteiger partial charge < -0.3 is 25.5 Å². The molecule has 3 rings (SSSR count). The van der Waals surface area contributed by atoms with Gasteiger partial charge in [-0.3, -0.25) is 4.79 Å². The van der Waals surface area contributed by atoms with Crippen molar-refractivity contribution in [1.82, 2.24) is 10.3 Å². The molecule has 8 nitrogen and oxygen atoms in total. The lowest BCUT2D eigenvalue weighted by atomic mass is 10.1. The lowest BCUT2D eigenvalue weighted by Gasteiger charge is -2.10. The van der Waals surface area contributed by atoms with E-state index in [0.29, 0.717) is 42.0 Å². The van der Waals surface area contributed by atoms with Crippen LogP contribution in [0.1, 0.15) is 23.8 Å². The van der Waals surface area contributed by atoms with Crippen LogP contribution in [0.2, 0.25) is 0 Å². The fourth-order valence-corrected chi connectivity index (χ4v) is 3.46. The summed E-state index contributed by atoms with van der Waals surface area (Å²) in [6, 6.07) is 9.67. The molecular formula is C21H25N5O3S. The second-order valence-electron chi connectivity index (χ2n) is 6.67. The number of thiazole rings is 1. The van der Waals surface area contributed by atoms with Crippen molar-refractivity contribution in [1.29, 1.82) is 0 Å². The molecule has 0 atom stereocenters.